The van der Waals surface area contributed by atoms with Crippen molar-refractivity contribution in [1.82, 2.24) is 5.32 Å². The average Bonchev–Trinajstić information content (AvgIpc) is 2.36. The fourth-order valence-corrected chi connectivity index (χ4v) is 1.94. The number of carbonyl (C=O) groups excluding carboxylic acids is 1. The van der Waals surface area contributed by atoms with Gasteiger partial charge in [-0.05, 0) is 17.7 Å². The maximum absolute atomic E-state index is 11.3. The first-order valence-electron chi connectivity index (χ1n) is 6.09. The number of hydrogen-bond acceptors (Lipinski definition) is 4. The van der Waals surface area contributed by atoms with Crippen LogP contribution in [0.2, 0.25) is 0 Å². The van der Waals surface area contributed by atoms with Gasteiger partial charge in [0.1, 0.15) is 0 Å². The lowest BCUT2D eigenvalue weighted by Gasteiger charge is -2.38. The normalized spacial score (nSPS) is 17.0. The molecule has 2 rings (SSSR count). The molecule has 0 amide bonds. The number of carbonyl (C=O) groups is 1. The van der Waals surface area contributed by atoms with E-state index in [1.807, 2.05) is 12.1 Å². The molecule has 0 aliphatic carbocycles. The van der Waals surface area contributed by atoms with Crippen molar-refractivity contribution >= 4 is 5.97 Å². The highest BCUT2D eigenvalue weighted by Crippen LogP contribution is 2.25. The first-order chi connectivity index (χ1) is 8.63. The summed E-state index contributed by atoms with van der Waals surface area (Å²) in [6.45, 7) is 5.63. The van der Waals surface area contributed by atoms with Crippen LogP contribution in [-0.4, -0.2) is 32.8 Å². The second-order valence-corrected chi connectivity index (χ2v) is 5.10. The largest absolute Gasteiger partial charge is 0.465 e. The minimum Gasteiger partial charge on any atom is -0.465 e. The predicted octanol–water partition coefficient (Wildman–Crippen LogP) is 1.60. The molecule has 0 spiro atoms. The van der Waals surface area contributed by atoms with E-state index in [0.717, 1.165) is 31.9 Å². The molecule has 1 aliphatic rings. The second kappa shape index (κ2) is 5.50. The predicted molar refractivity (Wildman–Crippen MR) is 68.4 cm³/mol. The zero-order chi connectivity index (χ0) is 13.0. The van der Waals surface area contributed by atoms with Crippen LogP contribution in [0.5, 0.6) is 0 Å². The summed E-state index contributed by atoms with van der Waals surface area (Å²) < 4.78 is 9.86. The van der Waals surface area contributed by atoms with E-state index in [2.05, 4.69) is 17.0 Å². The summed E-state index contributed by atoms with van der Waals surface area (Å²) in [5.41, 5.74) is 2.03. The molecule has 18 heavy (non-hydrogen) atoms. The molecule has 0 bridgehead atoms. The van der Waals surface area contributed by atoms with Crippen LogP contribution in [-0.2, 0) is 16.0 Å². The molecule has 0 saturated carbocycles. The number of benzene rings is 1. The van der Waals surface area contributed by atoms with Gasteiger partial charge in [0.2, 0.25) is 0 Å². The van der Waals surface area contributed by atoms with Crippen LogP contribution in [0.4, 0.5) is 0 Å². The molecule has 1 heterocycles. The van der Waals surface area contributed by atoms with E-state index in [0.29, 0.717) is 5.56 Å². The summed E-state index contributed by atoms with van der Waals surface area (Å²) in [4.78, 5) is 11.3. The molecule has 98 valence electrons. The van der Waals surface area contributed by atoms with E-state index < -0.39 is 0 Å². The Balaban J connectivity index is 1.81. The Bertz CT molecular complexity index is 410. The standard InChI is InChI=1S/C14H19NO3/c1-14(9-18-10-14)8-15-7-11-3-5-12(6-4-11)13(16)17-2/h3-6,15H,7-10H2,1-2H3. The third kappa shape index (κ3) is 3.09. The van der Waals surface area contributed by atoms with Crippen LogP contribution in [0, 0.1) is 5.41 Å². The lowest BCUT2D eigenvalue weighted by atomic mass is 9.89. The smallest absolute Gasteiger partial charge is 0.337 e. The van der Waals surface area contributed by atoms with Gasteiger partial charge in [-0.3, -0.25) is 0 Å². The Kier molecular flexibility index (Phi) is 3.99. The number of ether oxygens (including phenoxy) is 2. The molecule has 1 aromatic carbocycles. The van der Waals surface area contributed by atoms with Gasteiger partial charge >= 0.3 is 5.97 Å². The minimum absolute atomic E-state index is 0.284. The Hall–Kier alpha value is -1.39. The third-order valence-electron chi connectivity index (χ3n) is 3.16. The molecule has 1 N–H and O–H groups in total. The number of methoxy groups -OCH3 is 1. The van der Waals surface area contributed by atoms with Gasteiger partial charge in [-0.15, -0.1) is 0 Å². The van der Waals surface area contributed by atoms with Crippen molar-refractivity contribution in [2.75, 3.05) is 26.9 Å². The summed E-state index contributed by atoms with van der Waals surface area (Å²) in [6.07, 6.45) is 0. The van der Waals surface area contributed by atoms with Crippen LogP contribution in [0.15, 0.2) is 24.3 Å². The molecule has 4 heteroatoms. The topological polar surface area (TPSA) is 47.6 Å². The van der Waals surface area contributed by atoms with Gasteiger partial charge in [0.05, 0.1) is 25.9 Å². The average molecular weight is 249 g/mol. The zero-order valence-corrected chi connectivity index (χ0v) is 10.9. The van der Waals surface area contributed by atoms with Crippen molar-refractivity contribution in [3.63, 3.8) is 0 Å². The number of nitrogens with one attached hydrogen (secondary N) is 1. The van der Waals surface area contributed by atoms with Crippen molar-refractivity contribution in [2.24, 2.45) is 5.41 Å². The molecule has 1 aliphatic heterocycles. The van der Waals surface area contributed by atoms with E-state index in [9.17, 15) is 4.79 Å². The van der Waals surface area contributed by atoms with E-state index in [1.165, 1.54) is 7.11 Å². The van der Waals surface area contributed by atoms with Crippen LogP contribution in [0.3, 0.4) is 0 Å². The SMILES string of the molecule is COC(=O)c1ccc(CNCC2(C)COC2)cc1. The molecule has 1 fully saturated rings. The molecular formula is C14H19NO3. The molecule has 1 aromatic rings. The quantitative estimate of drug-likeness (QED) is 0.805. The van der Waals surface area contributed by atoms with Crippen molar-refractivity contribution < 1.29 is 14.3 Å². The van der Waals surface area contributed by atoms with Gasteiger partial charge in [0.25, 0.3) is 0 Å². The number of hydrogen-bond donors (Lipinski definition) is 1. The summed E-state index contributed by atoms with van der Waals surface area (Å²) in [7, 11) is 1.39. The molecule has 0 radical (unpaired) electrons. The van der Waals surface area contributed by atoms with Crippen molar-refractivity contribution in [2.45, 2.75) is 13.5 Å². The molecule has 0 atom stereocenters. The van der Waals surface area contributed by atoms with E-state index in [1.54, 1.807) is 12.1 Å². The second-order valence-electron chi connectivity index (χ2n) is 5.10. The Morgan fingerprint density at radius 1 is 1.39 bits per heavy atom. The zero-order valence-electron chi connectivity index (χ0n) is 10.9. The van der Waals surface area contributed by atoms with Crippen molar-refractivity contribution in [3.8, 4) is 0 Å². The van der Waals surface area contributed by atoms with Gasteiger partial charge in [0, 0.05) is 18.5 Å². The van der Waals surface area contributed by atoms with Gasteiger partial charge in [-0.2, -0.15) is 0 Å². The fourth-order valence-electron chi connectivity index (χ4n) is 1.94. The number of esters is 1. The molecule has 4 nitrogen and oxygen atoms in total. The highest BCUT2D eigenvalue weighted by Gasteiger charge is 2.32. The van der Waals surface area contributed by atoms with Crippen molar-refractivity contribution in [3.05, 3.63) is 35.4 Å². The minimum atomic E-state index is -0.298. The highest BCUT2D eigenvalue weighted by molar-refractivity contribution is 5.89. The van der Waals surface area contributed by atoms with Crippen molar-refractivity contribution in [1.29, 1.82) is 0 Å². The fraction of sp³-hybridized carbons (Fsp3) is 0.500. The monoisotopic (exact) mass is 249 g/mol. The lowest BCUT2D eigenvalue weighted by Crippen LogP contribution is -2.47. The van der Waals surface area contributed by atoms with Gasteiger partial charge < -0.3 is 14.8 Å². The summed E-state index contributed by atoms with van der Waals surface area (Å²) in [5.74, 6) is -0.298. The van der Waals surface area contributed by atoms with Crippen LogP contribution < -0.4 is 5.32 Å². The number of rotatable bonds is 5. The molecule has 0 unspecified atom stereocenters. The van der Waals surface area contributed by atoms with E-state index >= 15 is 0 Å². The molecule has 0 aromatic heterocycles. The van der Waals surface area contributed by atoms with Gasteiger partial charge in [-0.25, -0.2) is 4.79 Å². The third-order valence-corrected chi connectivity index (χ3v) is 3.16. The summed E-state index contributed by atoms with van der Waals surface area (Å²) in [5, 5.41) is 3.41. The first kappa shape index (κ1) is 13.1. The molecule has 1 saturated heterocycles. The Morgan fingerprint density at radius 3 is 2.56 bits per heavy atom. The Labute approximate surface area is 107 Å². The van der Waals surface area contributed by atoms with E-state index in [4.69, 9.17) is 4.74 Å². The van der Waals surface area contributed by atoms with Crippen LogP contribution >= 0.6 is 0 Å². The van der Waals surface area contributed by atoms with E-state index in [-0.39, 0.29) is 11.4 Å². The summed E-state index contributed by atoms with van der Waals surface area (Å²) >= 11 is 0. The van der Waals surface area contributed by atoms with Gasteiger partial charge in [-0.1, -0.05) is 19.1 Å². The maximum Gasteiger partial charge on any atom is 0.337 e. The van der Waals surface area contributed by atoms with Crippen LogP contribution in [0.25, 0.3) is 0 Å². The summed E-state index contributed by atoms with van der Waals surface area (Å²) in [6, 6.07) is 7.46. The highest BCUT2D eigenvalue weighted by atomic mass is 16.5. The first-order valence-corrected chi connectivity index (χ1v) is 6.09. The lowest BCUT2D eigenvalue weighted by molar-refractivity contribution is -0.0991. The molecular weight excluding hydrogens is 230 g/mol. The maximum atomic E-state index is 11.3. The van der Waals surface area contributed by atoms with Crippen LogP contribution in [0.1, 0.15) is 22.8 Å². The Morgan fingerprint density at radius 2 is 2.06 bits per heavy atom. The van der Waals surface area contributed by atoms with Gasteiger partial charge in [0.15, 0.2) is 0 Å².